The lowest BCUT2D eigenvalue weighted by atomic mass is 10.0. The zero-order chi connectivity index (χ0) is 43.5. The van der Waals surface area contributed by atoms with Crippen molar-refractivity contribution in [3.63, 3.8) is 0 Å². The molecule has 0 unspecified atom stereocenters. The van der Waals surface area contributed by atoms with E-state index in [1.807, 2.05) is 18.2 Å². The van der Waals surface area contributed by atoms with Gasteiger partial charge in [-0.25, -0.2) is 9.83 Å². The number of pyridine rings is 1. The molecule has 14 rings (SSSR count). The van der Waals surface area contributed by atoms with Crippen LogP contribution in [-0.2, 0) is 0 Å². The SMILES string of the molecule is [C-]#[N+]c1cccc(-c2cc(-n3c4ccccc4c4ccc5c(c6ccccc6n5-c5ccccc5)c43)ncc2-n2c3ccccc3c3ccc4c(c5ccccc5n4-c4ccccc4)c32)c1. The second kappa shape index (κ2) is 13.9. The molecular formula is C60H36N6. The van der Waals surface area contributed by atoms with Crippen LogP contribution in [0, 0.1) is 6.57 Å². The molecule has 0 radical (unpaired) electrons. The fourth-order valence-electron chi connectivity index (χ4n) is 10.9. The molecule has 0 saturated heterocycles. The van der Waals surface area contributed by atoms with Crippen molar-refractivity contribution in [1.29, 1.82) is 0 Å². The summed E-state index contributed by atoms with van der Waals surface area (Å²) in [6, 6.07) is 75.5. The van der Waals surface area contributed by atoms with Gasteiger partial charge in [0.05, 0.1) is 62.6 Å². The molecular weight excluding hydrogens is 805 g/mol. The topological polar surface area (TPSA) is 37.0 Å². The summed E-state index contributed by atoms with van der Waals surface area (Å²) >= 11 is 0. The van der Waals surface area contributed by atoms with Crippen LogP contribution in [0.25, 0.3) is 126 Å². The van der Waals surface area contributed by atoms with E-state index < -0.39 is 0 Å². The van der Waals surface area contributed by atoms with Crippen molar-refractivity contribution in [2.45, 2.75) is 0 Å². The van der Waals surface area contributed by atoms with Crippen LogP contribution in [0.1, 0.15) is 0 Å². The van der Waals surface area contributed by atoms with Crippen molar-refractivity contribution in [2.24, 2.45) is 0 Å². The van der Waals surface area contributed by atoms with Gasteiger partial charge in [-0.05, 0) is 78.4 Å². The standard InChI is InChI=1S/C60H36N6/c1-61-39-18-16-17-38(35-39)48-36-56(66-50-28-13-9-24-43(50)45-32-34-54-58(60(45)66)47-26-11-15-30-52(47)64(54)41-21-6-3-7-22-41)62-37-55(48)65-49-27-12-8-23-42(49)44-31-33-53-57(59(44)65)46-25-10-14-29-51(46)63(53)40-19-4-2-5-20-40/h2-37H. The first-order chi connectivity index (χ1) is 32.7. The molecule has 0 amide bonds. The molecule has 9 aromatic carbocycles. The van der Waals surface area contributed by atoms with Crippen LogP contribution in [0.3, 0.4) is 0 Å². The summed E-state index contributed by atoms with van der Waals surface area (Å²) in [6.45, 7) is 8.09. The quantitative estimate of drug-likeness (QED) is 0.159. The van der Waals surface area contributed by atoms with Crippen LogP contribution < -0.4 is 0 Å². The van der Waals surface area contributed by atoms with Crippen molar-refractivity contribution < 1.29 is 0 Å². The molecule has 0 saturated carbocycles. The van der Waals surface area contributed by atoms with Gasteiger partial charge in [0.2, 0.25) is 0 Å². The van der Waals surface area contributed by atoms with Gasteiger partial charge in [0, 0.05) is 60.0 Å². The lowest BCUT2D eigenvalue weighted by Crippen LogP contribution is -2.04. The summed E-state index contributed by atoms with van der Waals surface area (Å²) < 4.78 is 9.54. The first kappa shape index (κ1) is 36.3. The maximum atomic E-state index is 8.09. The Bertz CT molecular complexity index is 4350. The summed E-state index contributed by atoms with van der Waals surface area (Å²) in [5.41, 5.74) is 14.6. The Morgan fingerprint density at radius 2 is 0.833 bits per heavy atom. The molecule has 0 atom stereocenters. The van der Waals surface area contributed by atoms with E-state index in [1.165, 1.54) is 26.9 Å². The van der Waals surface area contributed by atoms with Crippen molar-refractivity contribution in [3.8, 4) is 34.0 Å². The highest BCUT2D eigenvalue weighted by Crippen LogP contribution is 2.46. The van der Waals surface area contributed by atoms with E-state index >= 15 is 0 Å². The maximum absolute atomic E-state index is 8.09. The Morgan fingerprint density at radius 3 is 1.38 bits per heavy atom. The highest BCUT2D eigenvalue weighted by Gasteiger charge is 2.25. The van der Waals surface area contributed by atoms with Crippen LogP contribution in [0.5, 0.6) is 0 Å². The lowest BCUT2D eigenvalue weighted by Gasteiger charge is -2.17. The third-order valence-electron chi connectivity index (χ3n) is 13.6. The molecule has 0 spiro atoms. The molecule has 306 valence electrons. The highest BCUT2D eigenvalue weighted by molar-refractivity contribution is 6.27. The first-order valence-electron chi connectivity index (χ1n) is 22.3. The maximum Gasteiger partial charge on any atom is 0.187 e. The largest absolute Gasteiger partial charge is 0.309 e. The van der Waals surface area contributed by atoms with Crippen molar-refractivity contribution in [2.75, 3.05) is 0 Å². The lowest BCUT2D eigenvalue weighted by molar-refractivity contribution is 1.06. The predicted octanol–water partition coefficient (Wildman–Crippen LogP) is 15.7. The van der Waals surface area contributed by atoms with Gasteiger partial charge in [0.15, 0.2) is 5.69 Å². The Balaban J connectivity index is 1.13. The fraction of sp³-hybridized carbons (Fsp3) is 0. The average Bonchev–Trinajstić information content (AvgIpc) is 4.12. The number of fused-ring (bicyclic) bond motifs is 14. The van der Waals surface area contributed by atoms with Gasteiger partial charge in [-0.15, -0.1) is 0 Å². The van der Waals surface area contributed by atoms with E-state index in [1.54, 1.807) is 0 Å². The van der Waals surface area contributed by atoms with Crippen LogP contribution in [0.15, 0.2) is 219 Å². The third-order valence-corrected chi connectivity index (χ3v) is 13.6. The monoisotopic (exact) mass is 840 g/mol. The van der Waals surface area contributed by atoms with Crippen LogP contribution in [0.4, 0.5) is 5.69 Å². The van der Waals surface area contributed by atoms with E-state index in [-0.39, 0.29) is 0 Å². The van der Waals surface area contributed by atoms with Gasteiger partial charge in [-0.3, -0.25) is 4.57 Å². The summed E-state index contributed by atoms with van der Waals surface area (Å²) in [6.07, 6.45) is 2.06. The number of nitrogens with zero attached hydrogens (tertiary/aromatic N) is 6. The minimum absolute atomic E-state index is 0.583. The van der Waals surface area contributed by atoms with Gasteiger partial charge < -0.3 is 13.7 Å². The number of hydrogen-bond acceptors (Lipinski definition) is 1. The smallest absolute Gasteiger partial charge is 0.187 e. The zero-order valence-electron chi connectivity index (χ0n) is 35.5. The first-order valence-corrected chi connectivity index (χ1v) is 22.3. The molecule has 0 aliphatic carbocycles. The van der Waals surface area contributed by atoms with Gasteiger partial charge in [0.25, 0.3) is 0 Å². The number of aromatic nitrogens is 5. The Labute approximate surface area is 378 Å². The van der Waals surface area contributed by atoms with Gasteiger partial charge in [-0.1, -0.05) is 140 Å². The van der Waals surface area contributed by atoms with E-state index in [0.29, 0.717) is 5.69 Å². The molecule has 6 nitrogen and oxygen atoms in total. The van der Waals surface area contributed by atoms with Gasteiger partial charge in [0.1, 0.15) is 5.82 Å². The van der Waals surface area contributed by atoms with Crippen molar-refractivity contribution in [3.05, 3.63) is 230 Å². The van der Waals surface area contributed by atoms with E-state index in [0.717, 1.165) is 94.3 Å². The minimum atomic E-state index is 0.583. The summed E-state index contributed by atoms with van der Waals surface area (Å²) in [5, 5.41) is 9.35. The average molecular weight is 841 g/mol. The number of para-hydroxylation sites is 6. The summed E-state index contributed by atoms with van der Waals surface area (Å²) in [5.74, 6) is 0.795. The molecule has 0 aliphatic heterocycles. The second-order valence-electron chi connectivity index (χ2n) is 17.0. The predicted molar refractivity (Wildman–Crippen MR) is 273 cm³/mol. The van der Waals surface area contributed by atoms with Gasteiger partial charge >= 0.3 is 0 Å². The molecule has 0 fully saturated rings. The molecule has 5 heterocycles. The van der Waals surface area contributed by atoms with Crippen LogP contribution >= 0.6 is 0 Å². The molecule has 0 aliphatic rings. The fourth-order valence-corrected chi connectivity index (χ4v) is 10.9. The van der Waals surface area contributed by atoms with Gasteiger partial charge in [-0.2, -0.15) is 0 Å². The molecule has 0 bridgehead atoms. The van der Waals surface area contributed by atoms with E-state index in [2.05, 4.69) is 223 Å². The molecule has 6 heteroatoms. The van der Waals surface area contributed by atoms with E-state index in [9.17, 15) is 0 Å². The third kappa shape index (κ3) is 5.02. The summed E-state index contributed by atoms with van der Waals surface area (Å²) in [4.78, 5) is 9.45. The molecule has 0 N–H and O–H groups in total. The Hall–Kier alpha value is -9.18. The van der Waals surface area contributed by atoms with Crippen LogP contribution in [0.2, 0.25) is 0 Å². The number of rotatable bonds is 5. The molecule has 14 aromatic rings. The summed E-state index contributed by atoms with van der Waals surface area (Å²) in [7, 11) is 0. The van der Waals surface area contributed by atoms with Crippen molar-refractivity contribution >= 4 is 92.9 Å². The van der Waals surface area contributed by atoms with Crippen molar-refractivity contribution in [1.82, 2.24) is 23.3 Å². The van der Waals surface area contributed by atoms with Crippen LogP contribution in [-0.4, -0.2) is 23.3 Å². The Morgan fingerprint density at radius 1 is 0.364 bits per heavy atom. The molecule has 66 heavy (non-hydrogen) atoms. The molecule has 5 aromatic heterocycles. The normalized spacial score (nSPS) is 11.9. The minimum Gasteiger partial charge on any atom is -0.309 e. The highest BCUT2D eigenvalue weighted by atomic mass is 15.1. The van der Waals surface area contributed by atoms with E-state index in [4.69, 9.17) is 11.6 Å². The Kier molecular flexibility index (Phi) is 7.65. The number of hydrogen-bond donors (Lipinski definition) is 0. The zero-order valence-corrected chi connectivity index (χ0v) is 35.5. The number of benzene rings is 9. The second-order valence-corrected chi connectivity index (χ2v) is 17.0.